The maximum Gasteiger partial charge on any atom is 0.222 e. The van der Waals surface area contributed by atoms with Crippen molar-refractivity contribution in [3.05, 3.63) is 16.6 Å². The number of thiazole rings is 1. The molecular formula is C13H21N3OS. The molecule has 0 radical (unpaired) electrons. The molecule has 2 rings (SSSR count). The topological polar surface area (TPSA) is 59.2 Å². The van der Waals surface area contributed by atoms with E-state index in [9.17, 15) is 4.79 Å². The quantitative estimate of drug-likeness (QED) is 0.900. The molecule has 0 aromatic carbocycles. The molecule has 2 atom stereocenters. The van der Waals surface area contributed by atoms with E-state index < -0.39 is 0 Å². The van der Waals surface area contributed by atoms with Crippen LogP contribution in [0.15, 0.2) is 10.9 Å². The summed E-state index contributed by atoms with van der Waals surface area (Å²) in [4.78, 5) is 18.3. The van der Waals surface area contributed by atoms with Crippen LogP contribution in [0.1, 0.15) is 26.0 Å². The summed E-state index contributed by atoms with van der Waals surface area (Å²) in [6.45, 7) is 6.63. The second-order valence-corrected chi connectivity index (χ2v) is 6.23. The van der Waals surface area contributed by atoms with Gasteiger partial charge in [0.05, 0.1) is 11.2 Å². The zero-order chi connectivity index (χ0) is 13.2. The maximum atomic E-state index is 12.2. The lowest BCUT2D eigenvalue weighted by atomic mass is 9.81. The van der Waals surface area contributed by atoms with E-state index >= 15 is 0 Å². The van der Waals surface area contributed by atoms with Gasteiger partial charge in [-0.15, -0.1) is 11.3 Å². The van der Waals surface area contributed by atoms with Gasteiger partial charge in [-0.2, -0.15) is 0 Å². The van der Waals surface area contributed by atoms with Crippen LogP contribution >= 0.6 is 11.3 Å². The summed E-state index contributed by atoms with van der Waals surface area (Å²) in [5.74, 6) is 0.706. The van der Waals surface area contributed by atoms with Crippen molar-refractivity contribution >= 4 is 17.2 Å². The number of carbonyl (C=O) groups is 1. The molecule has 1 aromatic heterocycles. The zero-order valence-corrected chi connectivity index (χ0v) is 11.9. The van der Waals surface area contributed by atoms with Crippen LogP contribution in [0.4, 0.5) is 0 Å². The van der Waals surface area contributed by atoms with Crippen molar-refractivity contribution in [3.63, 3.8) is 0 Å². The van der Waals surface area contributed by atoms with Crippen LogP contribution in [0.5, 0.6) is 0 Å². The summed E-state index contributed by atoms with van der Waals surface area (Å²) in [6, 6.07) is 0. The standard InChI is InChI=1S/C13H21N3OS/c1-10-5-16(8-13(10,2)7-14)12(17)4-3-11-6-18-9-15-11/h6,9-10H,3-5,7-8,14H2,1-2H3/t10-,13-/m1/s1. The third-order valence-corrected chi connectivity index (χ3v) is 4.77. The van der Waals surface area contributed by atoms with Crippen LogP contribution < -0.4 is 5.73 Å². The second-order valence-electron chi connectivity index (χ2n) is 5.51. The Bertz CT molecular complexity index is 406. The Labute approximate surface area is 112 Å². The normalized spacial score (nSPS) is 27.7. The van der Waals surface area contributed by atoms with Crippen LogP contribution in [0.3, 0.4) is 0 Å². The van der Waals surface area contributed by atoms with Crippen LogP contribution in [0.2, 0.25) is 0 Å². The first-order valence-electron chi connectivity index (χ1n) is 6.40. The molecule has 5 heteroatoms. The number of amides is 1. The molecular weight excluding hydrogens is 246 g/mol. The summed E-state index contributed by atoms with van der Waals surface area (Å²) in [5, 5.41) is 2.00. The molecule has 1 saturated heterocycles. The van der Waals surface area contributed by atoms with Gasteiger partial charge in [-0.25, -0.2) is 4.98 Å². The van der Waals surface area contributed by atoms with Gasteiger partial charge in [-0.05, 0) is 18.9 Å². The van der Waals surface area contributed by atoms with Gasteiger partial charge in [0.25, 0.3) is 0 Å². The Balaban J connectivity index is 1.87. The fourth-order valence-electron chi connectivity index (χ4n) is 2.42. The molecule has 2 heterocycles. The molecule has 100 valence electrons. The number of carbonyl (C=O) groups excluding carboxylic acids is 1. The lowest BCUT2D eigenvalue weighted by Crippen LogP contribution is -2.36. The van der Waals surface area contributed by atoms with E-state index in [2.05, 4.69) is 18.8 Å². The molecule has 1 amide bonds. The number of likely N-dealkylation sites (tertiary alicyclic amines) is 1. The molecule has 0 spiro atoms. The predicted octanol–water partition coefficient (Wildman–Crippen LogP) is 1.52. The van der Waals surface area contributed by atoms with Gasteiger partial charge in [-0.3, -0.25) is 4.79 Å². The molecule has 1 aromatic rings. The fourth-order valence-corrected chi connectivity index (χ4v) is 3.01. The molecule has 1 aliphatic rings. The zero-order valence-electron chi connectivity index (χ0n) is 11.1. The van der Waals surface area contributed by atoms with Gasteiger partial charge in [0.15, 0.2) is 0 Å². The highest BCUT2D eigenvalue weighted by molar-refractivity contribution is 7.07. The maximum absolute atomic E-state index is 12.2. The Hall–Kier alpha value is -0.940. The number of nitrogens with zero attached hydrogens (tertiary/aromatic N) is 2. The Morgan fingerprint density at radius 3 is 3.06 bits per heavy atom. The lowest BCUT2D eigenvalue weighted by molar-refractivity contribution is -0.130. The summed E-state index contributed by atoms with van der Waals surface area (Å²) in [6.07, 6.45) is 1.30. The Morgan fingerprint density at radius 1 is 1.72 bits per heavy atom. The third-order valence-electron chi connectivity index (χ3n) is 4.13. The third kappa shape index (κ3) is 2.72. The summed E-state index contributed by atoms with van der Waals surface area (Å²) in [5.41, 5.74) is 8.73. The largest absolute Gasteiger partial charge is 0.342 e. The van der Waals surface area contributed by atoms with Crippen molar-refractivity contribution in [2.45, 2.75) is 26.7 Å². The Morgan fingerprint density at radius 2 is 2.50 bits per heavy atom. The molecule has 2 N–H and O–H groups in total. The predicted molar refractivity (Wildman–Crippen MR) is 73.3 cm³/mol. The van der Waals surface area contributed by atoms with Crippen molar-refractivity contribution in [3.8, 4) is 0 Å². The highest BCUT2D eigenvalue weighted by atomic mass is 32.1. The van der Waals surface area contributed by atoms with Crippen LogP contribution in [0, 0.1) is 11.3 Å². The van der Waals surface area contributed by atoms with E-state index in [1.165, 1.54) is 0 Å². The van der Waals surface area contributed by atoms with Gasteiger partial charge in [0, 0.05) is 30.3 Å². The number of rotatable bonds is 4. The second kappa shape index (κ2) is 5.36. The van der Waals surface area contributed by atoms with E-state index in [1.54, 1.807) is 11.3 Å². The minimum Gasteiger partial charge on any atom is -0.342 e. The number of aromatic nitrogens is 1. The summed E-state index contributed by atoms with van der Waals surface area (Å²) >= 11 is 1.57. The summed E-state index contributed by atoms with van der Waals surface area (Å²) < 4.78 is 0. The highest BCUT2D eigenvalue weighted by Crippen LogP contribution is 2.34. The van der Waals surface area contributed by atoms with E-state index in [-0.39, 0.29) is 11.3 Å². The average Bonchev–Trinajstić information content (AvgIpc) is 2.96. The smallest absolute Gasteiger partial charge is 0.222 e. The van der Waals surface area contributed by atoms with Crippen LogP contribution in [-0.4, -0.2) is 35.4 Å². The van der Waals surface area contributed by atoms with Crippen molar-refractivity contribution in [1.29, 1.82) is 0 Å². The fraction of sp³-hybridized carbons (Fsp3) is 0.692. The number of hydrogen-bond donors (Lipinski definition) is 1. The van der Waals surface area contributed by atoms with Crippen molar-refractivity contribution in [1.82, 2.24) is 9.88 Å². The highest BCUT2D eigenvalue weighted by Gasteiger charge is 2.40. The first-order valence-corrected chi connectivity index (χ1v) is 7.34. The van der Waals surface area contributed by atoms with E-state index in [1.807, 2.05) is 15.8 Å². The van der Waals surface area contributed by atoms with E-state index in [0.29, 0.717) is 18.9 Å². The first kappa shape index (κ1) is 13.5. The van der Waals surface area contributed by atoms with Gasteiger partial charge in [0.1, 0.15) is 0 Å². The van der Waals surface area contributed by atoms with Crippen molar-refractivity contribution in [2.24, 2.45) is 17.1 Å². The molecule has 1 aliphatic heterocycles. The molecule has 0 aliphatic carbocycles. The lowest BCUT2D eigenvalue weighted by Gasteiger charge is -2.25. The minimum atomic E-state index is 0.0797. The minimum absolute atomic E-state index is 0.0797. The van der Waals surface area contributed by atoms with Gasteiger partial charge < -0.3 is 10.6 Å². The molecule has 18 heavy (non-hydrogen) atoms. The number of nitrogens with two attached hydrogens (primary N) is 1. The molecule has 0 saturated carbocycles. The van der Waals surface area contributed by atoms with Gasteiger partial charge in [-0.1, -0.05) is 13.8 Å². The first-order chi connectivity index (χ1) is 8.55. The van der Waals surface area contributed by atoms with E-state index in [4.69, 9.17) is 5.73 Å². The molecule has 0 unspecified atom stereocenters. The van der Waals surface area contributed by atoms with Crippen LogP contribution in [0.25, 0.3) is 0 Å². The molecule has 0 bridgehead atoms. The SMILES string of the molecule is C[C@@H]1CN(C(=O)CCc2cscn2)C[C@@]1(C)CN. The Kier molecular flexibility index (Phi) is 4.02. The summed E-state index contributed by atoms with van der Waals surface area (Å²) in [7, 11) is 0. The van der Waals surface area contributed by atoms with Crippen LogP contribution in [-0.2, 0) is 11.2 Å². The van der Waals surface area contributed by atoms with Crippen molar-refractivity contribution in [2.75, 3.05) is 19.6 Å². The van der Waals surface area contributed by atoms with E-state index in [0.717, 1.165) is 25.2 Å². The number of hydrogen-bond acceptors (Lipinski definition) is 4. The van der Waals surface area contributed by atoms with Crippen molar-refractivity contribution < 1.29 is 4.79 Å². The number of aryl methyl sites for hydroxylation is 1. The molecule has 4 nitrogen and oxygen atoms in total. The average molecular weight is 267 g/mol. The van der Waals surface area contributed by atoms with Gasteiger partial charge in [0.2, 0.25) is 5.91 Å². The monoisotopic (exact) mass is 267 g/mol. The van der Waals surface area contributed by atoms with Gasteiger partial charge >= 0.3 is 0 Å². The molecule has 1 fully saturated rings.